The lowest BCUT2D eigenvalue weighted by Gasteiger charge is -2.33. The molecule has 0 N–H and O–H groups in total. The zero-order valence-corrected chi connectivity index (χ0v) is 9.87. The molecule has 1 aromatic heterocycles. The molecule has 0 saturated heterocycles. The van der Waals surface area contributed by atoms with E-state index in [2.05, 4.69) is 25.9 Å². The second-order valence-electron chi connectivity index (χ2n) is 5.53. The number of aromatic carboxylic acids is 1. The quantitative estimate of drug-likeness (QED) is 0.715. The molecule has 0 fully saturated rings. The smallest absolute Gasteiger partial charge is 0.140 e. The van der Waals surface area contributed by atoms with Gasteiger partial charge in [0.15, 0.2) is 0 Å². The highest BCUT2D eigenvalue weighted by molar-refractivity contribution is 5.85. The van der Waals surface area contributed by atoms with E-state index in [1.165, 1.54) is 0 Å². The highest BCUT2D eigenvalue weighted by Crippen LogP contribution is 2.38. The fourth-order valence-corrected chi connectivity index (χ4v) is 2.30. The van der Waals surface area contributed by atoms with Crippen molar-refractivity contribution in [2.24, 2.45) is 11.3 Å². The molecule has 0 bridgehead atoms. The van der Waals surface area contributed by atoms with Crippen molar-refractivity contribution in [1.29, 1.82) is 0 Å². The Hall–Kier alpha value is -1.32. The van der Waals surface area contributed by atoms with Gasteiger partial charge in [-0.25, -0.2) is 0 Å². The van der Waals surface area contributed by atoms with Crippen molar-refractivity contribution in [1.82, 2.24) is 5.16 Å². The second-order valence-corrected chi connectivity index (χ2v) is 5.53. The van der Waals surface area contributed by atoms with Crippen molar-refractivity contribution in [3.05, 3.63) is 17.0 Å². The molecule has 1 aromatic rings. The van der Waals surface area contributed by atoms with Gasteiger partial charge in [-0.15, -0.1) is 0 Å². The third-order valence-electron chi connectivity index (χ3n) is 3.46. The van der Waals surface area contributed by atoms with Crippen molar-refractivity contribution < 1.29 is 14.4 Å². The van der Waals surface area contributed by atoms with Gasteiger partial charge in [0.05, 0.1) is 5.97 Å². The molecule has 0 amide bonds. The van der Waals surface area contributed by atoms with Crippen LogP contribution in [0.2, 0.25) is 0 Å². The molecule has 0 aromatic carbocycles. The van der Waals surface area contributed by atoms with Gasteiger partial charge >= 0.3 is 0 Å². The maximum Gasteiger partial charge on any atom is 0.140 e. The van der Waals surface area contributed by atoms with Crippen LogP contribution in [0.1, 0.15) is 49.0 Å². The van der Waals surface area contributed by atoms with Gasteiger partial charge in [-0.05, 0) is 24.2 Å². The van der Waals surface area contributed by atoms with E-state index in [4.69, 9.17) is 4.52 Å². The molecule has 0 saturated carbocycles. The Morgan fingerprint density at radius 1 is 1.50 bits per heavy atom. The van der Waals surface area contributed by atoms with Gasteiger partial charge in [0.25, 0.3) is 0 Å². The molecule has 2 rings (SSSR count). The minimum absolute atomic E-state index is 0.0102. The third kappa shape index (κ3) is 1.84. The molecule has 0 unspecified atom stereocenters. The van der Waals surface area contributed by atoms with E-state index in [0.29, 0.717) is 5.92 Å². The number of carbonyl (C=O) groups is 1. The van der Waals surface area contributed by atoms with Crippen LogP contribution in [-0.2, 0) is 12.8 Å². The minimum Gasteiger partial charge on any atom is -0.543 e. The topological polar surface area (TPSA) is 66.2 Å². The number of carboxylic acids is 1. The molecule has 1 atom stereocenters. The first kappa shape index (κ1) is 11.2. The van der Waals surface area contributed by atoms with E-state index in [-0.39, 0.29) is 11.1 Å². The van der Waals surface area contributed by atoms with E-state index < -0.39 is 5.97 Å². The van der Waals surface area contributed by atoms with Crippen molar-refractivity contribution in [2.45, 2.75) is 40.0 Å². The van der Waals surface area contributed by atoms with Gasteiger partial charge in [-0.2, -0.15) is 0 Å². The molecule has 16 heavy (non-hydrogen) atoms. The summed E-state index contributed by atoms with van der Waals surface area (Å²) in [4.78, 5) is 10.9. The molecule has 0 spiro atoms. The summed E-state index contributed by atoms with van der Waals surface area (Å²) in [5, 5.41) is 14.4. The molecule has 88 valence electrons. The van der Waals surface area contributed by atoms with E-state index in [1.54, 1.807) is 0 Å². The van der Waals surface area contributed by atoms with Crippen LogP contribution in [0.25, 0.3) is 0 Å². The first-order valence-electron chi connectivity index (χ1n) is 5.58. The van der Waals surface area contributed by atoms with Crippen LogP contribution in [0.15, 0.2) is 4.52 Å². The number of aryl methyl sites for hydroxylation is 1. The normalized spacial score (nSPS) is 20.6. The maximum atomic E-state index is 10.9. The fourth-order valence-electron chi connectivity index (χ4n) is 2.30. The Bertz CT molecular complexity index is 414. The summed E-state index contributed by atoms with van der Waals surface area (Å²) in [5.41, 5.74) is 0.910. The first-order chi connectivity index (χ1) is 7.39. The third-order valence-corrected chi connectivity index (χ3v) is 3.46. The zero-order chi connectivity index (χ0) is 11.9. The zero-order valence-electron chi connectivity index (χ0n) is 9.87. The van der Waals surface area contributed by atoms with E-state index in [9.17, 15) is 9.90 Å². The Labute approximate surface area is 94.6 Å². The van der Waals surface area contributed by atoms with Crippen LogP contribution in [0.5, 0.6) is 0 Å². The molecule has 1 heterocycles. The van der Waals surface area contributed by atoms with E-state index >= 15 is 0 Å². The van der Waals surface area contributed by atoms with E-state index in [1.807, 2.05) is 0 Å². The fraction of sp³-hybridized carbons (Fsp3) is 0.667. The molecular weight excluding hydrogens is 206 g/mol. The number of hydrogen-bond acceptors (Lipinski definition) is 4. The van der Waals surface area contributed by atoms with Crippen LogP contribution in [-0.4, -0.2) is 11.1 Å². The van der Waals surface area contributed by atoms with Crippen molar-refractivity contribution >= 4 is 5.97 Å². The summed E-state index contributed by atoms with van der Waals surface area (Å²) in [6, 6.07) is 0. The molecule has 4 nitrogen and oxygen atoms in total. The van der Waals surface area contributed by atoms with Gasteiger partial charge < -0.3 is 14.4 Å². The average molecular weight is 222 g/mol. The van der Waals surface area contributed by atoms with Crippen LogP contribution >= 0.6 is 0 Å². The average Bonchev–Trinajstić information content (AvgIpc) is 2.58. The number of rotatable bonds is 1. The SMILES string of the molecule is CC(C)(C)[C@H]1CCc2onc(C(=O)[O-])c2C1. The lowest BCUT2D eigenvalue weighted by atomic mass is 9.72. The van der Waals surface area contributed by atoms with Crippen molar-refractivity contribution in [2.75, 3.05) is 0 Å². The predicted octanol–water partition coefficient (Wildman–Crippen LogP) is 1.19. The number of nitrogens with zero attached hydrogens (tertiary/aromatic N) is 1. The summed E-state index contributed by atoms with van der Waals surface area (Å²) in [6.45, 7) is 6.53. The van der Waals surface area contributed by atoms with Crippen molar-refractivity contribution in [3.8, 4) is 0 Å². The molecule has 1 aliphatic rings. The largest absolute Gasteiger partial charge is 0.543 e. The molecular formula is C12H16NO3-. The predicted molar refractivity (Wildman–Crippen MR) is 55.8 cm³/mol. The first-order valence-corrected chi connectivity index (χ1v) is 5.58. The highest BCUT2D eigenvalue weighted by Gasteiger charge is 2.32. The second kappa shape index (κ2) is 3.61. The lowest BCUT2D eigenvalue weighted by Crippen LogP contribution is -2.29. The Morgan fingerprint density at radius 2 is 2.19 bits per heavy atom. The number of carboxylic acid groups (broad SMARTS) is 1. The van der Waals surface area contributed by atoms with Gasteiger partial charge in [-0.1, -0.05) is 25.9 Å². The monoisotopic (exact) mass is 222 g/mol. The summed E-state index contributed by atoms with van der Waals surface area (Å²) in [7, 11) is 0. The van der Waals surface area contributed by atoms with Crippen molar-refractivity contribution in [3.63, 3.8) is 0 Å². The number of aromatic nitrogens is 1. The lowest BCUT2D eigenvalue weighted by molar-refractivity contribution is -0.255. The maximum absolute atomic E-state index is 10.9. The Morgan fingerprint density at radius 3 is 2.75 bits per heavy atom. The summed E-state index contributed by atoms with van der Waals surface area (Å²) in [6.07, 6.45) is 2.53. The van der Waals surface area contributed by atoms with Gasteiger partial charge in [0.1, 0.15) is 11.5 Å². The Balaban J connectivity index is 2.31. The van der Waals surface area contributed by atoms with Crippen LogP contribution in [0.4, 0.5) is 0 Å². The molecule has 0 aliphatic heterocycles. The van der Waals surface area contributed by atoms with E-state index in [0.717, 1.165) is 30.6 Å². The van der Waals surface area contributed by atoms with Gasteiger partial charge in [-0.3, -0.25) is 0 Å². The summed E-state index contributed by atoms with van der Waals surface area (Å²) in [5.74, 6) is -0.0447. The standard InChI is InChI=1S/C12H17NO3/c1-12(2,3)7-4-5-9-8(6-7)10(11(14)15)13-16-9/h7H,4-6H2,1-3H3,(H,14,15)/p-1/t7-/m0/s1. The van der Waals surface area contributed by atoms with Gasteiger partial charge in [0, 0.05) is 12.0 Å². The highest BCUT2D eigenvalue weighted by atomic mass is 16.5. The molecule has 4 heteroatoms. The number of fused-ring (bicyclic) bond motifs is 1. The number of hydrogen-bond donors (Lipinski definition) is 0. The van der Waals surface area contributed by atoms with Crippen LogP contribution < -0.4 is 5.11 Å². The van der Waals surface area contributed by atoms with Gasteiger partial charge in [0.2, 0.25) is 0 Å². The van der Waals surface area contributed by atoms with Crippen LogP contribution in [0, 0.1) is 11.3 Å². The number of carbonyl (C=O) groups excluding carboxylic acids is 1. The Kier molecular flexibility index (Phi) is 2.52. The van der Waals surface area contributed by atoms with Crippen LogP contribution in [0.3, 0.4) is 0 Å². The minimum atomic E-state index is -1.24. The summed E-state index contributed by atoms with van der Waals surface area (Å²) < 4.78 is 5.04. The molecule has 0 radical (unpaired) electrons. The molecule has 1 aliphatic carbocycles. The summed E-state index contributed by atoms with van der Waals surface area (Å²) >= 11 is 0.